The molecule has 6 nitrogen and oxygen atoms in total. The van der Waals surface area contributed by atoms with Crippen molar-refractivity contribution in [3.05, 3.63) is 62.2 Å². The van der Waals surface area contributed by atoms with Crippen molar-refractivity contribution in [2.75, 3.05) is 0 Å². The number of benzene rings is 2. The Labute approximate surface area is 138 Å². The van der Waals surface area contributed by atoms with Gasteiger partial charge in [-0.05, 0) is 44.0 Å². The van der Waals surface area contributed by atoms with Gasteiger partial charge < -0.3 is 4.18 Å². The number of nitrogens with zero attached hydrogens (tertiary/aromatic N) is 1. The summed E-state index contributed by atoms with van der Waals surface area (Å²) in [6, 6.07) is 6.85. The molecular formula is C15H14ClNO5S. The number of aryl methyl sites for hydroxylation is 3. The highest BCUT2D eigenvalue weighted by Gasteiger charge is 2.29. The van der Waals surface area contributed by atoms with Gasteiger partial charge in [0.05, 0.1) is 4.92 Å². The van der Waals surface area contributed by atoms with Gasteiger partial charge in [0.2, 0.25) is 0 Å². The standard InChI is InChI=1S/C15H14ClNO5S/c1-9-6-10(2)15(11(3)7-9)22-23(20,21)14-5-4-12(16)8-13(14)17(18)19/h4-8H,1-3H3. The van der Waals surface area contributed by atoms with Crippen LogP contribution < -0.4 is 4.18 Å². The lowest BCUT2D eigenvalue weighted by Gasteiger charge is -2.13. The zero-order chi connectivity index (χ0) is 17.4. The zero-order valence-corrected chi connectivity index (χ0v) is 14.2. The van der Waals surface area contributed by atoms with Gasteiger partial charge in [0.25, 0.3) is 5.69 Å². The van der Waals surface area contributed by atoms with Crippen molar-refractivity contribution >= 4 is 27.4 Å². The van der Waals surface area contributed by atoms with Crippen molar-refractivity contribution in [2.24, 2.45) is 0 Å². The Hall–Kier alpha value is -2.12. The minimum Gasteiger partial charge on any atom is -0.378 e. The molecule has 0 aliphatic rings. The number of nitro groups is 1. The summed E-state index contributed by atoms with van der Waals surface area (Å²) >= 11 is 5.70. The van der Waals surface area contributed by atoms with Crippen molar-refractivity contribution in [3.63, 3.8) is 0 Å². The smallest absolute Gasteiger partial charge is 0.346 e. The third-order valence-corrected chi connectivity index (χ3v) is 4.69. The molecule has 23 heavy (non-hydrogen) atoms. The van der Waals surface area contributed by atoms with E-state index in [-0.39, 0.29) is 10.8 Å². The van der Waals surface area contributed by atoms with E-state index >= 15 is 0 Å². The second kappa shape index (κ2) is 6.17. The van der Waals surface area contributed by atoms with Crippen LogP contribution in [-0.2, 0) is 10.1 Å². The van der Waals surface area contributed by atoms with Gasteiger partial charge in [-0.3, -0.25) is 10.1 Å². The SMILES string of the molecule is Cc1cc(C)c(OS(=O)(=O)c2ccc(Cl)cc2[N+](=O)[O-])c(C)c1. The predicted molar refractivity (Wildman–Crippen MR) is 86.6 cm³/mol. The summed E-state index contributed by atoms with van der Waals surface area (Å²) in [7, 11) is -4.36. The first-order chi connectivity index (χ1) is 10.6. The Kier molecular flexibility index (Phi) is 4.63. The van der Waals surface area contributed by atoms with E-state index in [2.05, 4.69) is 0 Å². The zero-order valence-electron chi connectivity index (χ0n) is 12.7. The van der Waals surface area contributed by atoms with E-state index in [1.807, 2.05) is 6.92 Å². The second-order valence-electron chi connectivity index (χ2n) is 5.13. The van der Waals surface area contributed by atoms with E-state index in [0.29, 0.717) is 11.1 Å². The monoisotopic (exact) mass is 355 g/mol. The Morgan fingerprint density at radius 3 is 2.17 bits per heavy atom. The molecule has 0 aliphatic heterocycles. The first kappa shape index (κ1) is 17.2. The minimum absolute atomic E-state index is 0.0679. The van der Waals surface area contributed by atoms with Crippen LogP contribution in [0.15, 0.2) is 35.2 Å². The van der Waals surface area contributed by atoms with Crippen LogP contribution in [0.1, 0.15) is 16.7 Å². The molecule has 0 radical (unpaired) electrons. The summed E-state index contributed by atoms with van der Waals surface area (Å²) in [6.07, 6.45) is 0. The maximum Gasteiger partial charge on any atom is 0.346 e. The molecule has 0 saturated heterocycles. The molecule has 2 aromatic rings. The van der Waals surface area contributed by atoms with Gasteiger partial charge in [0.15, 0.2) is 4.90 Å². The average Bonchev–Trinajstić information content (AvgIpc) is 2.42. The largest absolute Gasteiger partial charge is 0.378 e. The first-order valence-electron chi connectivity index (χ1n) is 6.58. The van der Waals surface area contributed by atoms with Gasteiger partial charge in [0.1, 0.15) is 5.75 Å². The highest BCUT2D eigenvalue weighted by molar-refractivity contribution is 7.87. The van der Waals surface area contributed by atoms with Crippen molar-refractivity contribution < 1.29 is 17.5 Å². The van der Waals surface area contributed by atoms with Crippen LogP contribution in [0.2, 0.25) is 5.02 Å². The Morgan fingerprint density at radius 2 is 1.65 bits per heavy atom. The van der Waals surface area contributed by atoms with E-state index in [1.54, 1.807) is 26.0 Å². The summed E-state index contributed by atoms with van der Waals surface area (Å²) in [5, 5.41) is 11.1. The molecule has 0 N–H and O–H groups in total. The molecule has 2 aromatic carbocycles. The van der Waals surface area contributed by atoms with E-state index in [4.69, 9.17) is 15.8 Å². The highest BCUT2D eigenvalue weighted by Crippen LogP contribution is 2.32. The molecule has 0 aliphatic carbocycles. The molecule has 0 atom stereocenters. The normalized spacial score (nSPS) is 11.3. The lowest BCUT2D eigenvalue weighted by Crippen LogP contribution is -2.13. The van der Waals surface area contributed by atoms with Crippen molar-refractivity contribution in [1.82, 2.24) is 0 Å². The average molecular weight is 356 g/mol. The predicted octanol–water partition coefficient (Wildman–Crippen LogP) is 3.94. The number of halogens is 1. The Balaban J connectivity index is 2.55. The fraction of sp³-hybridized carbons (Fsp3) is 0.200. The molecule has 122 valence electrons. The third-order valence-electron chi connectivity index (χ3n) is 3.18. The van der Waals surface area contributed by atoms with Crippen LogP contribution >= 0.6 is 11.6 Å². The van der Waals surface area contributed by atoms with E-state index < -0.39 is 25.6 Å². The molecule has 0 amide bonds. The second-order valence-corrected chi connectivity index (χ2v) is 7.09. The van der Waals surface area contributed by atoms with Crippen LogP contribution in [0.3, 0.4) is 0 Å². The van der Waals surface area contributed by atoms with Gasteiger partial charge in [-0.1, -0.05) is 29.3 Å². The summed E-state index contributed by atoms with van der Waals surface area (Å²) in [5.41, 5.74) is 1.59. The third kappa shape index (κ3) is 3.62. The lowest BCUT2D eigenvalue weighted by molar-refractivity contribution is -0.387. The van der Waals surface area contributed by atoms with Crippen LogP contribution in [0.25, 0.3) is 0 Å². The number of hydrogen-bond donors (Lipinski definition) is 0. The van der Waals surface area contributed by atoms with Gasteiger partial charge in [-0.2, -0.15) is 8.42 Å². The molecular weight excluding hydrogens is 342 g/mol. The van der Waals surface area contributed by atoms with Crippen molar-refractivity contribution in [1.29, 1.82) is 0 Å². The van der Waals surface area contributed by atoms with E-state index in [1.165, 1.54) is 6.07 Å². The van der Waals surface area contributed by atoms with Gasteiger partial charge in [-0.25, -0.2) is 0 Å². The quantitative estimate of drug-likeness (QED) is 0.471. The number of nitro benzene ring substituents is 1. The minimum atomic E-state index is -4.36. The molecule has 0 bridgehead atoms. The van der Waals surface area contributed by atoms with Crippen molar-refractivity contribution in [3.8, 4) is 5.75 Å². The van der Waals surface area contributed by atoms with Gasteiger partial charge in [0, 0.05) is 11.1 Å². The number of rotatable bonds is 4. The molecule has 2 rings (SSSR count). The summed E-state index contributed by atoms with van der Waals surface area (Å²) in [5.74, 6) is 0.167. The van der Waals surface area contributed by atoms with Crippen LogP contribution in [0.4, 0.5) is 5.69 Å². The molecule has 0 aromatic heterocycles. The Bertz CT molecular complexity index is 870. The topological polar surface area (TPSA) is 86.5 Å². The van der Waals surface area contributed by atoms with Gasteiger partial charge >= 0.3 is 10.1 Å². The maximum atomic E-state index is 12.5. The van der Waals surface area contributed by atoms with Gasteiger partial charge in [-0.15, -0.1) is 0 Å². The lowest BCUT2D eigenvalue weighted by atomic mass is 10.1. The fourth-order valence-corrected chi connectivity index (χ4v) is 3.66. The first-order valence-corrected chi connectivity index (χ1v) is 8.36. The molecule has 0 heterocycles. The fourth-order valence-electron chi connectivity index (χ4n) is 2.30. The molecule has 0 fully saturated rings. The molecule has 0 spiro atoms. The maximum absolute atomic E-state index is 12.5. The Morgan fingerprint density at radius 1 is 1.09 bits per heavy atom. The number of hydrogen-bond acceptors (Lipinski definition) is 5. The summed E-state index contributed by atoms with van der Waals surface area (Å²) < 4.78 is 30.1. The molecule has 8 heteroatoms. The van der Waals surface area contributed by atoms with Crippen molar-refractivity contribution in [2.45, 2.75) is 25.7 Å². The van der Waals surface area contributed by atoms with Crippen LogP contribution in [-0.4, -0.2) is 13.3 Å². The van der Waals surface area contributed by atoms with E-state index in [0.717, 1.165) is 17.7 Å². The van der Waals surface area contributed by atoms with Crippen LogP contribution in [0, 0.1) is 30.9 Å². The van der Waals surface area contributed by atoms with E-state index in [9.17, 15) is 18.5 Å². The summed E-state index contributed by atoms with van der Waals surface area (Å²) in [4.78, 5) is 9.73. The highest BCUT2D eigenvalue weighted by atomic mass is 35.5. The molecule has 0 unspecified atom stereocenters. The summed E-state index contributed by atoms with van der Waals surface area (Å²) in [6.45, 7) is 5.30. The molecule has 0 saturated carbocycles. The van der Waals surface area contributed by atoms with Crippen LogP contribution in [0.5, 0.6) is 5.75 Å².